The molecule has 98 valence electrons. The first-order valence-electron chi connectivity index (χ1n) is 5.23. The third-order valence-electron chi connectivity index (χ3n) is 2.23. The minimum absolute atomic E-state index is 0.0000770. The zero-order valence-electron chi connectivity index (χ0n) is 10.1. The lowest BCUT2D eigenvalue weighted by Gasteiger charge is -2.08. The summed E-state index contributed by atoms with van der Waals surface area (Å²) >= 11 is 0. The van der Waals surface area contributed by atoms with Gasteiger partial charge < -0.3 is 4.74 Å². The van der Waals surface area contributed by atoms with E-state index in [1.54, 1.807) is 13.0 Å². The number of hydroxylamine groups is 1. The van der Waals surface area contributed by atoms with Crippen LogP contribution in [0.2, 0.25) is 0 Å². The van der Waals surface area contributed by atoms with Gasteiger partial charge in [0.2, 0.25) is 0 Å². The molecule has 0 heterocycles. The molecule has 0 aliphatic rings. The SMILES string of the molecule is COCCONC(=O)c1c(C)cccc1[N+](=O)[O-]. The van der Waals surface area contributed by atoms with Gasteiger partial charge in [-0.25, -0.2) is 5.48 Å². The molecule has 0 aliphatic heterocycles. The van der Waals surface area contributed by atoms with Crippen LogP contribution in [0.1, 0.15) is 15.9 Å². The van der Waals surface area contributed by atoms with Crippen molar-refractivity contribution in [2.24, 2.45) is 0 Å². The van der Waals surface area contributed by atoms with Crippen molar-refractivity contribution in [1.82, 2.24) is 5.48 Å². The summed E-state index contributed by atoms with van der Waals surface area (Å²) in [5, 5.41) is 10.8. The number of rotatable bonds is 6. The molecular weight excluding hydrogens is 240 g/mol. The molecule has 1 rings (SSSR count). The van der Waals surface area contributed by atoms with Crippen LogP contribution in [0.4, 0.5) is 5.69 Å². The number of aryl methyl sites for hydroxylation is 1. The second kappa shape index (κ2) is 6.67. The molecule has 0 saturated carbocycles. The summed E-state index contributed by atoms with van der Waals surface area (Å²) in [7, 11) is 1.50. The topological polar surface area (TPSA) is 90.7 Å². The Morgan fingerprint density at radius 3 is 2.78 bits per heavy atom. The summed E-state index contributed by atoms with van der Waals surface area (Å²) in [4.78, 5) is 26.8. The molecule has 18 heavy (non-hydrogen) atoms. The van der Waals surface area contributed by atoms with Gasteiger partial charge in [-0.05, 0) is 12.5 Å². The van der Waals surface area contributed by atoms with Crippen LogP contribution in [0.25, 0.3) is 0 Å². The Balaban J connectivity index is 2.81. The van der Waals surface area contributed by atoms with Crippen LogP contribution in [-0.4, -0.2) is 31.2 Å². The predicted molar refractivity (Wildman–Crippen MR) is 63.1 cm³/mol. The van der Waals surface area contributed by atoms with Gasteiger partial charge in [0.25, 0.3) is 11.6 Å². The molecule has 0 unspecified atom stereocenters. The van der Waals surface area contributed by atoms with Crippen LogP contribution >= 0.6 is 0 Å². The summed E-state index contributed by atoms with van der Waals surface area (Å²) < 4.78 is 4.73. The van der Waals surface area contributed by atoms with Gasteiger partial charge in [-0.2, -0.15) is 0 Å². The lowest BCUT2D eigenvalue weighted by Crippen LogP contribution is -2.26. The molecule has 0 spiro atoms. The van der Waals surface area contributed by atoms with E-state index in [4.69, 9.17) is 9.57 Å². The van der Waals surface area contributed by atoms with Gasteiger partial charge in [0.05, 0.1) is 18.1 Å². The molecule has 7 nitrogen and oxygen atoms in total. The Bertz CT molecular complexity index is 447. The number of nitrogens with one attached hydrogen (secondary N) is 1. The molecule has 1 N–H and O–H groups in total. The minimum Gasteiger partial charge on any atom is -0.382 e. The van der Waals surface area contributed by atoms with Crippen LogP contribution in [0.5, 0.6) is 0 Å². The molecule has 7 heteroatoms. The van der Waals surface area contributed by atoms with Crippen LogP contribution in [0.15, 0.2) is 18.2 Å². The van der Waals surface area contributed by atoms with E-state index in [-0.39, 0.29) is 17.9 Å². The average Bonchev–Trinajstić information content (AvgIpc) is 2.34. The van der Waals surface area contributed by atoms with Gasteiger partial charge in [-0.3, -0.25) is 19.7 Å². The maximum atomic E-state index is 11.8. The van der Waals surface area contributed by atoms with Gasteiger partial charge in [-0.15, -0.1) is 0 Å². The van der Waals surface area contributed by atoms with Crippen molar-refractivity contribution >= 4 is 11.6 Å². The average molecular weight is 254 g/mol. The van der Waals surface area contributed by atoms with Crippen LogP contribution in [-0.2, 0) is 9.57 Å². The van der Waals surface area contributed by atoms with Gasteiger partial charge in [0, 0.05) is 13.2 Å². The van der Waals surface area contributed by atoms with E-state index in [0.29, 0.717) is 12.2 Å². The minimum atomic E-state index is -0.643. The van der Waals surface area contributed by atoms with Crippen LogP contribution in [0, 0.1) is 17.0 Å². The van der Waals surface area contributed by atoms with Gasteiger partial charge >= 0.3 is 0 Å². The van der Waals surface area contributed by atoms with Crippen molar-refractivity contribution in [3.63, 3.8) is 0 Å². The lowest BCUT2D eigenvalue weighted by atomic mass is 10.1. The second-order valence-electron chi connectivity index (χ2n) is 3.50. The zero-order valence-corrected chi connectivity index (χ0v) is 10.1. The van der Waals surface area contributed by atoms with E-state index >= 15 is 0 Å². The van der Waals surface area contributed by atoms with Gasteiger partial charge in [0.1, 0.15) is 5.56 Å². The maximum Gasteiger partial charge on any atom is 0.282 e. The van der Waals surface area contributed by atoms with E-state index in [1.807, 2.05) is 0 Å². The highest BCUT2D eigenvalue weighted by Crippen LogP contribution is 2.21. The number of nitro benzene ring substituents is 1. The number of nitro groups is 1. The summed E-state index contributed by atoms with van der Waals surface area (Å²) in [6.45, 7) is 2.11. The molecule has 0 aromatic heterocycles. The molecular formula is C11H14N2O5. The Morgan fingerprint density at radius 1 is 1.44 bits per heavy atom. The van der Waals surface area contributed by atoms with Crippen molar-refractivity contribution in [3.05, 3.63) is 39.4 Å². The number of amides is 1. The number of ether oxygens (including phenoxy) is 1. The Morgan fingerprint density at radius 2 is 2.17 bits per heavy atom. The number of benzene rings is 1. The van der Waals surface area contributed by atoms with Crippen molar-refractivity contribution < 1.29 is 19.3 Å². The maximum absolute atomic E-state index is 11.8. The largest absolute Gasteiger partial charge is 0.382 e. The third-order valence-corrected chi connectivity index (χ3v) is 2.23. The number of methoxy groups -OCH3 is 1. The number of hydrogen-bond acceptors (Lipinski definition) is 5. The summed E-state index contributed by atoms with van der Waals surface area (Å²) in [5.74, 6) is -0.643. The summed E-state index contributed by atoms with van der Waals surface area (Å²) in [6.07, 6.45) is 0. The molecule has 1 aromatic carbocycles. The molecule has 0 fully saturated rings. The molecule has 0 atom stereocenters. The van der Waals surface area contributed by atoms with E-state index in [9.17, 15) is 14.9 Å². The Kier molecular flexibility index (Phi) is 5.22. The second-order valence-corrected chi connectivity index (χ2v) is 3.50. The quantitative estimate of drug-likeness (QED) is 0.468. The normalized spacial score (nSPS) is 10.1. The van der Waals surface area contributed by atoms with Crippen molar-refractivity contribution in [2.45, 2.75) is 6.92 Å². The molecule has 0 saturated heterocycles. The van der Waals surface area contributed by atoms with Gasteiger partial charge in [-0.1, -0.05) is 12.1 Å². The highest BCUT2D eigenvalue weighted by molar-refractivity contribution is 5.98. The smallest absolute Gasteiger partial charge is 0.282 e. The number of nitrogens with zero attached hydrogens (tertiary/aromatic N) is 1. The first-order valence-corrected chi connectivity index (χ1v) is 5.23. The first-order chi connectivity index (χ1) is 8.57. The first kappa shape index (κ1) is 14.1. The van der Waals surface area contributed by atoms with E-state index in [1.165, 1.54) is 19.2 Å². The summed E-state index contributed by atoms with van der Waals surface area (Å²) in [6, 6.07) is 4.42. The molecule has 0 aliphatic carbocycles. The van der Waals surface area contributed by atoms with E-state index < -0.39 is 10.8 Å². The van der Waals surface area contributed by atoms with Crippen molar-refractivity contribution in [1.29, 1.82) is 0 Å². The lowest BCUT2D eigenvalue weighted by molar-refractivity contribution is -0.385. The third kappa shape index (κ3) is 3.51. The monoisotopic (exact) mass is 254 g/mol. The molecule has 1 amide bonds. The molecule has 0 radical (unpaired) electrons. The molecule has 0 bridgehead atoms. The highest BCUT2D eigenvalue weighted by Gasteiger charge is 2.22. The fraction of sp³-hybridized carbons (Fsp3) is 0.364. The zero-order chi connectivity index (χ0) is 13.5. The Labute approximate surface area is 104 Å². The van der Waals surface area contributed by atoms with Crippen molar-refractivity contribution in [3.8, 4) is 0 Å². The fourth-order valence-corrected chi connectivity index (χ4v) is 1.39. The van der Waals surface area contributed by atoms with E-state index in [0.717, 1.165) is 0 Å². The summed E-state index contributed by atoms with van der Waals surface area (Å²) in [5.41, 5.74) is 2.41. The van der Waals surface area contributed by atoms with E-state index in [2.05, 4.69) is 5.48 Å². The van der Waals surface area contributed by atoms with Crippen molar-refractivity contribution in [2.75, 3.05) is 20.3 Å². The van der Waals surface area contributed by atoms with Crippen LogP contribution < -0.4 is 5.48 Å². The fourth-order valence-electron chi connectivity index (χ4n) is 1.39. The number of hydrogen-bond donors (Lipinski definition) is 1. The molecule has 1 aromatic rings. The highest BCUT2D eigenvalue weighted by atomic mass is 16.7. The Hall–Kier alpha value is -1.99. The standard InChI is InChI=1S/C11H14N2O5/c1-8-4-3-5-9(13(15)16)10(8)11(14)12-18-7-6-17-2/h3-5H,6-7H2,1-2H3,(H,12,14). The van der Waals surface area contributed by atoms with Gasteiger partial charge in [0.15, 0.2) is 0 Å². The number of carbonyl (C=O) groups is 1. The predicted octanol–water partition coefficient (Wildman–Crippen LogP) is 1.21. The number of carbonyl (C=O) groups excluding carboxylic acids is 1. The van der Waals surface area contributed by atoms with Crippen LogP contribution in [0.3, 0.4) is 0 Å².